The zero-order chi connectivity index (χ0) is 9.61. The number of hydrogen-bond donors (Lipinski definition) is 2. The van der Waals surface area contributed by atoms with Gasteiger partial charge in [0.2, 0.25) is 0 Å². The summed E-state index contributed by atoms with van der Waals surface area (Å²) in [7, 11) is 0. The first-order chi connectivity index (χ1) is 5.52. The minimum atomic E-state index is 0.155. The summed E-state index contributed by atoms with van der Waals surface area (Å²) in [5.41, 5.74) is 0.155. The summed E-state index contributed by atoms with van der Waals surface area (Å²) in [6.45, 7) is 9.85. The van der Waals surface area contributed by atoms with Gasteiger partial charge in [-0.05, 0) is 18.4 Å². The number of nitrogens with one attached hydrogen (secondary N) is 1. The molecule has 0 aliphatic heterocycles. The molecule has 0 fully saturated rings. The van der Waals surface area contributed by atoms with Gasteiger partial charge in [0.1, 0.15) is 0 Å². The van der Waals surface area contributed by atoms with Crippen molar-refractivity contribution in [3.63, 3.8) is 0 Å². The molecule has 0 heterocycles. The van der Waals surface area contributed by atoms with E-state index in [1.165, 1.54) is 12.8 Å². The monoisotopic (exact) mass is 173 g/mol. The number of aliphatic hydroxyl groups excluding tert-OH is 1. The molecule has 2 nitrogen and oxygen atoms in total. The zero-order valence-corrected chi connectivity index (χ0v) is 8.85. The van der Waals surface area contributed by atoms with Gasteiger partial charge in [0, 0.05) is 6.04 Å². The van der Waals surface area contributed by atoms with Gasteiger partial charge in [-0.25, -0.2) is 0 Å². The second-order valence-corrected chi connectivity index (χ2v) is 4.41. The molecular weight excluding hydrogens is 150 g/mol. The average molecular weight is 173 g/mol. The Morgan fingerprint density at radius 2 is 1.92 bits per heavy atom. The fourth-order valence-electron chi connectivity index (χ4n) is 1.10. The summed E-state index contributed by atoms with van der Waals surface area (Å²) in [4.78, 5) is 0. The van der Waals surface area contributed by atoms with Crippen LogP contribution in [0.1, 0.15) is 40.5 Å². The summed E-state index contributed by atoms with van der Waals surface area (Å²) in [5, 5.41) is 12.5. The maximum atomic E-state index is 9.10. The quantitative estimate of drug-likeness (QED) is 0.621. The lowest BCUT2D eigenvalue weighted by molar-refractivity contribution is 0.159. The van der Waals surface area contributed by atoms with Crippen molar-refractivity contribution in [2.45, 2.75) is 46.6 Å². The van der Waals surface area contributed by atoms with Gasteiger partial charge in [-0.3, -0.25) is 0 Å². The van der Waals surface area contributed by atoms with Crippen LogP contribution in [0.5, 0.6) is 0 Å². The molecule has 0 aliphatic rings. The standard InChI is InChI=1S/C10H23NO/c1-5-6-7-11-9(8-12)10(2,3)4/h9,11-12H,5-8H2,1-4H3. The van der Waals surface area contributed by atoms with Crippen LogP contribution in [0.3, 0.4) is 0 Å². The Balaban J connectivity index is 3.68. The minimum absolute atomic E-state index is 0.155. The third-order valence-electron chi connectivity index (χ3n) is 2.15. The van der Waals surface area contributed by atoms with E-state index in [1.807, 2.05) is 0 Å². The molecule has 0 bridgehead atoms. The lowest BCUT2D eigenvalue weighted by Gasteiger charge is -2.30. The van der Waals surface area contributed by atoms with E-state index in [0.717, 1.165) is 6.54 Å². The van der Waals surface area contributed by atoms with Gasteiger partial charge in [0.15, 0.2) is 0 Å². The Kier molecular flexibility index (Phi) is 5.51. The first kappa shape index (κ1) is 11.9. The Morgan fingerprint density at radius 1 is 1.33 bits per heavy atom. The predicted molar refractivity (Wildman–Crippen MR) is 53.2 cm³/mol. The van der Waals surface area contributed by atoms with Crippen molar-refractivity contribution >= 4 is 0 Å². The highest BCUT2D eigenvalue weighted by atomic mass is 16.3. The molecule has 0 saturated heterocycles. The zero-order valence-electron chi connectivity index (χ0n) is 8.85. The predicted octanol–water partition coefficient (Wildman–Crippen LogP) is 1.78. The van der Waals surface area contributed by atoms with Crippen LogP contribution in [0, 0.1) is 5.41 Å². The van der Waals surface area contributed by atoms with Crippen LogP contribution < -0.4 is 5.32 Å². The molecule has 0 aromatic carbocycles. The van der Waals surface area contributed by atoms with Crippen LogP contribution in [0.4, 0.5) is 0 Å². The van der Waals surface area contributed by atoms with Crippen molar-refractivity contribution < 1.29 is 5.11 Å². The smallest absolute Gasteiger partial charge is 0.0589 e. The fourth-order valence-corrected chi connectivity index (χ4v) is 1.10. The maximum absolute atomic E-state index is 9.10. The third kappa shape index (κ3) is 4.73. The lowest BCUT2D eigenvalue weighted by atomic mass is 9.87. The summed E-state index contributed by atoms with van der Waals surface area (Å²) < 4.78 is 0. The van der Waals surface area contributed by atoms with E-state index in [-0.39, 0.29) is 18.1 Å². The number of unbranched alkanes of at least 4 members (excludes halogenated alkanes) is 1. The second kappa shape index (κ2) is 5.55. The molecule has 12 heavy (non-hydrogen) atoms. The Hall–Kier alpha value is -0.0800. The highest BCUT2D eigenvalue weighted by Gasteiger charge is 2.22. The van der Waals surface area contributed by atoms with E-state index >= 15 is 0 Å². The van der Waals surface area contributed by atoms with Crippen LogP contribution in [0.2, 0.25) is 0 Å². The molecule has 0 amide bonds. The van der Waals surface area contributed by atoms with Crippen LogP contribution in [0.15, 0.2) is 0 Å². The van der Waals surface area contributed by atoms with Gasteiger partial charge in [0.05, 0.1) is 6.61 Å². The fraction of sp³-hybridized carbons (Fsp3) is 1.00. The molecule has 0 saturated carbocycles. The molecule has 1 atom stereocenters. The van der Waals surface area contributed by atoms with E-state index in [4.69, 9.17) is 5.11 Å². The van der Waals surface area contributed by atoms with Crippen LogP contribution in [-0.4, -0.2) is 24.3 Å². The van der Waals surface area contributed by atoms with E-state index in [9.17, 15) is 0 Å². The Morgan fingerprint density at radius 3 is 2.25 bits per heavy atom. The topological polar surface area (TPSA) is 32.3 Å². The molecule has 0 aromatic rings. The molecule has 2 heteroatoms. The largest absolute Gasteiger partial charge is 0.395 e. The van der Waals surface area contributed by atoms with Gasteiger partial charge in [-0.1, -0.05) is 34.1 Å². The Bertz CT molecular complexity index is 107. The van der Waals surface area contributed by atoms with Gasteiger partial charge in [0.25, 0.3) is 0 Å². The first-order valence-corrected chi connectivity index (χ1v) is 4.86. The van der Waals surface area contributed by atoms with Gasteiger partial charge < -0.3 is 10.4 Å². The second-order valence-electron chi connectivity index (χ2n) is 4.41. The van der Waals surface area contributed by atoms with Crippen molar-refractivity contribution in [1.29, 1.82) is 0 Å². The number of hydrogen-bond acceptors (Lipinski definition) is 2. The van der Waals surface area contributed by atoms with E-state index < -0.39 is 0 Å². The number of aliphatic hydroxyl groups is 1. The van der Waals surface area contributed by atoms with Crippen LogP contribution in [-0.2, 0) is 0 Å². The molecule has 1 unspecified atom stereocenters. The summed E-state index contributed by atoms with van der Waals surface area (Å²) in [6.07, 6.45) is 2.39. The molecule has 0 rings (SSSR count). The average Bonchev–Trinajstić information content (AvgIpc) is 1.95. The lowest BCUT2D eigenvalue weighted by Crippen LogP contribution is -2.43. The van der Waals surface area contributed by atoms with Gasteiger partial charge in [-0.2, -0.15) is 0 Å². The molecule has 2 N–H and O–H groups in total. The van der Waals surface area contributed by atoms with E-state index in [2.05, 4.69) is 33.0 Å². The van der Waals surface area contributed by atoms with Crippen molar-refractivity contribution in [3.05, 3.63) is 0 Å². The van der Waals surface area contributed by atoms with Crippen molar-refractivity contribution in [2.24, 2.45) is 5.41 Å². The third-order valence-corrected chi connectivity index (χ3v) is 2.15. The summed E-state index contributed by atoms with van der Waals surface area (Å²) in [5.74, 6) is 0. The molecular formula is C10H23NO. The van der Waals surface area contributed by atoms with E-state index in [1.54, 1.807) is 0 Å². The van der Waals surface area contributed by atoms with Gasteiger partial charge in [-0.15, -0.1) is 0 Å². The molecule has 74 valence electrons. The molecule has 0 aromatic heterocycles. The van der Waals surface area contributed by atoms with Crippen molar-refractivity contribution in [3.8, 4) is 0 Å². The molecule has 0 aliphatic carbocycles. The maximum Gasteiger partial charge on any atom is 0.0589 e. The van der Waals surface area contributed by atoms with Crippen LogP contribution in [0.25, 0.3) is 0 Å². The van der Waals surface area contributed by atoms with Gasteiger partial charge >= 0.3 is 0 Å². The SMILES string of the molecule is CCCCNC(CO)C(C)(C)C. The molecule has 0 spiro atoms. The first-order valence-electron chi connectivity index (χ1n) is 4.86. The number of rotatable bonds is 5. The molecule has 0 radical (unpaired) electrons. The highest BCUT2D eigenvalue weighted by molar-refractivity contribution is 4.79. The normalized spacial score (nSPS) is 14.8. The highest BCUT2D eigenvalue weighted by Crippen LogP contribution is 2.18. The van der Waals surface area contributed by atoms with Crippen molar-refractivity contribution in [2.75, 3.05) is 13.2 Å². The summed E-state index contributed by atoms with van der Waals surface area (Å²) in [6, 6.07) is 0.226. The van der Waals surface area contributed by atoms with Crippen molar-refractivity contribution in [1.82, 2.24) is 5.32 Å². The van der Waals surface area contributed by atoms with Crippen LogP contribution >= 0.6 is 0 Å². The Labute approximate surface area is 76.4 Å². The van der Waals surface area contributed by atoms with E-state index in [0.29, 0.717) is 0 Å². The summed E-state index contributed by atoms with van der Waals surface area (Å²) >= 11 is 0. The minimum Gasteiger partial charge on any atom is -0.395 e.